The lowest BCUT2D eigenvalue weighted by Crippen LogP contribution is -2.17. The highest BCUT2D eigenvalue weighted by molar-refractivity contribution is 9.09. The van der Waals surface area contributed by atoms with E-state index in [4.69, 9.17) is 4.74 Å². The van der Waals surface area contributed by atoms with Gasteiger partial charge in [-0.15, -0.1) is 0 Å². The summed E-state index contributed by atoms with van der Waals surface area (Å²) in [6.07, 6.45) is 0. The predicted molar refractivity (Wildman–Crippen MR) is 52.6 cm³/mol. The van der Waals surface area contributed by atoms with Crippen molar-refractivity contribution >= 4 is 15.9 Å². The monoisotopic (exact) mass is 226 g/mol. The van der Waals surface area contributed by atoms with Crippen molar-refractivity contribution in [1.29, 1.82) is 0 Å². The van der Waals surface area contributed by atoms with Gasteiger partial charge in [-0.1, -0.05) is 40.2 Å². The molecule has 64 valence electrons. The molecule has 1 heterocycles. The van der Waals surface area contributed by atoms with Gasteiger partial charge in [0.15, 0.2) is 0 Å². The molecule has 0 bridgehead atoms. The highest BCUT2D eigenvalue weighted by atomic mass is 79.9. The topological polar surface area (TPSA) is 9.23 Å². The summed E-state index contributed by atoms with van der Waals surface area (Å²) in [6, 6.07) is 8.51. The first kappa shape index (κ1) is 8.27. The average Bonchev–Trinajstić information content (AvgIpc) is 2.17. The third kappa shape index (κ3) is 1.41. The zero-order valence-corrected chi connectivity index (χ0v) is 8.38. The zero-order chi connectivity index (χ0) is 8.39. The van der Waals surface area contributed by atoms with Crippen LogP contribution in [0.15, 0.2) is 24.3 Å². The van der Waals surface area contributed by atoms with Crippen LogP contribution in [0.3, 0.4) is 0 Å². The van der Waals surface area contributed by atoms with E-state index in [1.54, 1.807) is 0 Å². The van der Waals surface area contributed by atoms with E-state index in [-0.39, 0.29) is 0 Å². The Morgan fingerprint density at radius 1 is 1.42 bits per heavy atom. The zero-order valence-electron chi connectivity index (χ0n) is 6.79. The first-order valence-electron chi connectivity index (χ1n) is 4.13. The van der Waals surface area contributed by atoms with Crippen LogP contribution < -0.4 is 0 Å². The maximum absolute atomic E-state index is 5.47. The molecule has 0 aromatic heterocycles. The minimum atomic E-state index is 0.537. The predicted octanol–water partition coefficient (Wildman–Crippen LogP) is 2.70. The summed E-state index contributed by atoms with van der Waals surface area (Å²) in [5, 5.41) is 0.990. The smallest absolute Gasteiger partial charge is 0.0719 e. The summed E-state index contributed by atoms with van der Waals surface area (Å²) in [5.41, 5.74) is 2.79. The number of benzene rings is 1. The molecular formula is C10H11BrO. The van der Waals surface area contributed by atoms with Crippen molar-refractivity contribution in [2.45, 2.75) is 12.5 Å². The van der Waals surface area contributed by atoms with Crippen LogP contribution in [0.1, 0.15) is 17.0 Å². The van der Waals surface area contributed by atoms with Gasteiger partial charge in [-0.25, -0.2) is 0 Å². The molecule has 2 rings (SSSR count). The quantitative estimate of drug-likeness (QED) is 0.670. The fraction of sp³-hybridized carbons (Fsp3) is 0.400. The van der Waals surface area contributed by atoms with Crippen LogP contribution in [-0.2, 0) is 11.3 Å². The molecule has 2 heteroatoms. The maximum Gasteiger partial charge on any atom is 0.0719 e. The molecular weight excluding hydrogens is 216 g/mol. The van der Waals surface area contributed by atoms with Crippen LogP contribution in [0.25, 0.3) is 0 Å². The number of fused-ring (bicyclic) bond motifs is 1. The van der Waals surface area contributed by atoms with E-state index in [1.807, 2.05) is 0 Å². The van der Waals surface area contributed by atoms with Crippen molar-refractivity contribution in [3.63, 3.8) is 0 Å². The van der Waals surface area contributed by atoms with Gasteiger partial charge in [-0.2, -0.15) is 0 Å². The van der Waals surface area contributed by atoms with Crippen molar-refractivity contribution in [2.24, 2.45) is 0 Å². The highest BCUT2D eigenvalue weighted by Crippen LogP contribution is 2.27. The second kappa shape index (κ2) is 3.58. The molecule has 1 unspecified atom stereocenters. The molecule has 0 saturated carbocycles. The molecule has 1 aliphatic heterocycles. The number of ether oxygens (including phenoxy) is 1. The Balaban J connectivity index is 2.37. The van der Waals surface area contributed by atoms with Gasteiger partial charge < -0.3 is 4.74 Å². The van der Waals surface area contributed by atoms with Crippen LogP contribution in [0.4, 0.5) is 0 Å². The van der Waals surface area contributed by atoms with Crippen molar-refractivity contribution in [2.75, 3.05) is 11.9 Å². The third-order valence-electron chi connectivity index (χ3n) is 2.26. The van der Waals surface area contributed by atoms with Crippen LogP contribution in [0.2, 0.25) is 0 Å². The average molecular weight is 227 g/mol. The molecule has 0 saturated heterocycles. The van der Waals surface area contributed by atoms with Gasteiger partial charge in [0.2, 0.25) is 0 Å². The van der Waals surface area contributed by atoms with E-state index >= 15 is 0 Å². The van der Waals surface area contributed by atoms with E-state index in [9.17, 15) is 0 Å². The van der Waals surface area contributed by atoms with Gasteiger partial charge in [-0.05, 0) is 11.1 Å². The number of rotatable bonds is 1. The van der Waals surface area contributed by atoms with Crippen molar-refractivity contribution in [1.82, 2.24) is 0 Å². The lowest BCUT2D eigenvalue weighted by Gasteiger charge is -2.23. The van der Waals surface area contributed by atoms with Gasteiger partial charge in [0, 0.05) is 11.2 Å². The molecule has 12 heavy (non-hydrogen) atoms. The standard InChI is InChI=1S/C10H11BrO/c11-5-9-7-12-6-8-3-1-2-4-10(8)9/h1-4,9H,5-7H2. The largest absolute Gasteiger partial charge is 0.376 e. The number of hydrogen-bond donors (Lipinski definition) is 0. The molecule has 0 fully saturated rings. The molecule has 1 aromatic carbocycles. The number of hydrogen-bond acceptors (Lipinski definition) is 1. The van der Waals surface area contributed by atoms with Gasteiger partial charge in [0.25, 0.3) is 0 Å². The Bertz CT molecular complexity index is 272. The Labute approximate surface area is 80.9 Å². The first-order chi connectivity index (χ1) is 5.92. The number of alkyl halides is 1. The summed E-state index contributed by atoms with van der Waals surface area (Å²) in [6.45, 7) is 1.63. The molecule has 0 radical (unpaired) electrons. The van der Waals surface area contributed by atoms with E-state index in [1.165, 1.54) is 11.1 Å². The molecule has 1 aliphatic rings. The lowest BCUT2D eigenvalue weighted by molar-refractivity contribution is 0.0963. The summed E-state index contributed by atoms with van der Waals surface area (Å²) in [5.74, 6) is 0.537. The fourth-order valence-electron chi connectivity index (χ4n) is 1.59. The van der Waals surface area contributed by atoms with Gasteiger partial charge in [0.05, 0.1) is 13.2 Å². The van der Waals surface area contributed by atoms with Crippen LogP contribution in [0.5, 0.6) is 0 Å². The molecule has 0 amide bonds. The van der Waals surface area contributed by atoms with Crippen molar-refractivity contribution in [3.8, 4) is 0 Å². The van der Waals surface area contributed by atoms with E-state index < -0.39 is 0 Å². The Morgan fingerprint density at radius 2 is 2.25 bits per heavy atom. The highest BCUT2D eigenvalue weighted by Gasteiger charge is 2.18. The molecule has 1 nitrogen and oxygen atoms in total. The van der Waals surface area contributed by atoms with Crippen LogP contribution in [-0.4, -0.2) is 11.9 Å². The summed E-state index contributed by atoms with van der Waals surface area (Å²) in [7, 11) is 0. The molecule has 0 N–H and O–H groups in total. The van der Waals surface area contributed by atoms with Crippen molar-refractivity contribution in [3.05, 3.63) is 35.4 Å². The summed E-state index contributed by atoms with van der Waals surface area (Å²) >= 11 is 3.50. The molecule has 1 aromatic rings. The number of halogens is 1. The van der Waals surface area contributed by atoms with E-state index in [2.05, 4.69) is 40.2 Å². The Kier molecular flexibility index (Phi) is 2.47. The fourth-order valence-corrected chi connectivity index (χ4v) is 2.13. The second-order valence-corrected chi connectivity index (χ2v) is 3.71. The molecule has 1 atom stereocenters. The molecule has 0 spiro atoms. The van der Waals surface area contributed by atoms with Gasteiger partial charge in [-0.3, -0.25) is 0 Å². The van der Waals surface area contributed by atoms with Crippen LogP contribution >= 0.6 is 15.9 Å². The van der Waals surface area contributed by atoms with Crippen LogP contribution in [0, 0.1) is 0 Å². The van der Waals surface area contributed by atoms with E-state index in [0.29, 0.717) is 5.92 Å². The summed E-state index contributed by atoms with van der Waals surface area (Å²) in [4.78, 5) is 0. The second-order valence-electron chi connectivity index (χ2n) is 3.07. The SMILES string of the molecule is BrCC1COCc2ccccc21. The lowest BCUT2D eigenvalue weighted by atomic mass is 9.95. The Hall–Kier alpha value is -0.340. The van der Waals surface area contributed by atoms with Gasteiger partial charge in [0.1, 0.15) is 0 Å². The summed E-state index contributed by atoms with van der Waals surface area (Å²) < 4.78 is 5.47. The molecule has 0 aliphatic carbocycles. The first-order valence-corrected chi connectivity index (χ1v) is 5.25. The van der Waals surface area contributed by atoms with E-state index in [0.717, 1.165) is 18.5 Å². The third-order valence-corrected chi connectivity index (χ3v) is 3.04. The normalized spacial score (nSPS) is 21.9. The van der Waals surface area contributed by atoms with Crippen molar-refractivity contribution < 1.29 is 4.74 Å². The minimum Gasteiger partial charge on any atom is -0.376 e. The Morgan fingerprint density at radius 3 is 3.08 bits per heavy atom. The maximum atomic E-state index is 5.47. The minimum absolute atomic E-state index is 0.537. The van der Waals surface area contributed by atoms with Gasteiger partial charge >= 0.3 is 0 Å².